The lowest BCUT2D eigenvalue weighted by Crippen LogP contribution is -2.33. The van der Waals surface area contributed by atoms with Gasteiger partial charge in [-0.15, -0.1) is 0 Å². The van der Waals surface area contributed by atoms with E-state index in [-0.39, 0.29) is 5.41 Å². The molecule has 2 nitrogen and oxygen atoms in total. The van der Waals surface area contributed by atoms with Crippen LogP contribution in [-0.2, 0) is 6.42 Å². The molecule has 19 heavy (non-hydrogen) atoms. The fourth-order valence-electron chi connectivity index (χ4n) is 2.77. The third kappa shape index (κ3) is 3.50. The van der Waals surface area contributed by atoms with Crippen molar-refractivity contribution in [3.8, 4) is 5.75 Å². The lowest BCUT2D eigenvalue weighted by atomic mass is 9.81. The van der Waals surface area contributed by atoms with Gasteiger partial charge in [0, 0.05) is 6.04 Å². The van der Waals surface area contributed by atoms with E-state index in [1.54, 1.807) is 0 Å². The Bertz CT molecular complexity index is 420. The third-order valence-electron chi connectivity index (χ3n) is 3.73. The Balaban J connectivity index is 2.26. The van der Waals surface area contributed by atoms with Gasteiger partial charge in [0.2, 0.25) is 0 Å². The standard InChI is InChI=1S/C17H27NO/c1-5-10-18-16(17(2,3)4)14-8-9-15-13(12-14)7-6-11-19-15/h8-9,12,16,18H,5-7,10-11H2,1-4H3. The molecule has 1 aliphatic heterocycles. The van der Waals surface area contributed by atoms with Crippen LogP contribution in [0.3, 0.4) is 0 Å². The molecule has 0 amide bonds. The van der Waals surface area contributed by atoms with Crippen LogP contribution in [0.4, 0.5) is 0 Å². The van der Waals surface area contributed by atoms with E-state index in [2.05, 4.69) is 51.2 Å². The van der Waals surface area contributed by atoms with Crippen molar-refractivity contribution in [1.29, 1.82) is 0 Å². The van der Waals surface area contributed by atoms with Gasteiger partial charge in [-0.3, -0.25) is 0 Å². The van der Waals surface area contributed by atoms with Crippen molar-refractivity contribution in [3.63, 3.8) is 0 Å². The Morgan fingerprint density at radius 3 is 2.79 bits per heavy atom. The number of ether oxygens (including phenoxy) is 1. The molecule has 1 N–H and O–H groups in total. The maximum atomic E-state index is 5.70. The lowest BCUT2D eigenvalue weighted by Gasteiger charge is -2.33. The first kappa shape index (κ1) is 14.4. The van der Waals surface area contributed by atoms with Gasteiger partial charge in [-0.25, -0.2) is 0 Å². The molecule has 0 aliphatic carbocycles. The summed E-state index contributed by atoms with van der Waals surface area (Å²) in [5, 5.41) is 3.69. The van der Waals surface area contributed by atoms with Crippen LogP contribution in [0.1, 0.15) is 57.7 Å². The Kier molecular flexibility index (Phi) is 4.51. The summed E-state index contributed by atoms with van der Waals surface area (Å²) in [6.07, 6.45) is 3.45. The molecule has 1 unspecified atom stereocenters. The van der Waals surface area contributed by atoms with Crippen LogP contribution in [0.25, 0.3) is 0 Å². The minimum Gasteiger partial charge on any atom is -0.493 e. The van der Waals surface area contributed by atoms with Gasteiger partial charge >= 0.3 is 0 Å². The van der Waals surface area contributed by atoms with Crippen molar-refractivity contribution in [2.24, 2.45) is 5.41 Å². The van der Waals surface area contributed by atoms with Crippen molar-refractivity contribution >= 4 is 0 Å². The second kappa shape index (κ2) is 5.96. The molecule has 0 saturated heterocycles. The monoisotopic (exact) mass is 261 g/mol. The summed E-state index contributed by atoms with van der Waals surface area (Å²) >= 11 is 0. The molecule has 1 aliphatic rings. The highest BCUT2D eigenvalue weighted by Crippen LogP contribution is 2.35. The van der Waals surface area contributed by atoms with Gasteiger partial charge in [-0.05, 0) is 48.4 Å². The third-order valence-corrected chi connectivity index (χ3v) is 3.73. The fraction of sp³-hybridized carbons (Fsp3) is 0.647. The molecule has 1 atom stereocenters. The van der Waals surface area contributed by atoms with Gasteiger partial charge in [0.1, 0.15) is 5.75 Å². The molecule has 1 aromatic rings. The van der Waals surface area contributed by atoms with Gasteiger partial charge in [0.25, 0.3) is 0 Å². The minimum absolute atomic E-state index is 0.221. The first-order valence-electron chi connectivity index (χ1n) is 7.51. The van der Waals surface area contributed by atoms with Crippen LogP contribution < -0.4 is 10.1 Å². The van der Waals surface area contributed by atoms with E-state index in [0.29, 0.717) is 6.04 Å². The molecule has 0 aromatic heterocycles. The maximum absolute atomic E-state index is 5.70. The number of aryl methyl sites for hydroxylation is 1. The molecule has 1 heterocycles. The van der Waals surface area contributed by atoms with E-state index < -0.39 is 0 Å². The minimum atomic E-state index is 0.221. The Morgan fingerprint density at radius 2 is 2.11 bits per heavy atom. The number of rotatable bonds is 4. The molecule has 2 heteroatoms. The number of nitrogens with one attached hydrogen (secondary N) is 1. The highest BCUT2D eigenvalue weighted by molar-refractivity contribution is 5.40. The molecule has 0 spiro atoms. The molecule has 1 aromatic carbocycles. The normalized spacial score (nSPS) is 16.6. The van der Waals surface area contributed by atoms with E-state index in [1.807, 2.05) is 0 Å². The van der Waals surface area contributed by atoms with Crippen molar-refractivity contribution < 1.29 is 4.74 Å². The van der Waals surface area contributed by atoms with Gasteiger partial charge in [0.05, 0.1) is 6.61 Å². The predicted octanol–water partition coefficient (Wildman–Crippen LogP) is 4.10. The molecule has 106 valence electrons. The predicted molar refractivity (Wildman–Crippen MR) is 80.7 cm³/mol. The summed E-state index contributed by atoms with van der Waals surface area (Å²) in [6, 6.07) is 7.12. The van der Waals surface area contributed by atoms with E-state index in [0.717, 1.165) is 31.7 Å². The van der Waals surface area contributed by atoms with Gasteiger partial charge in [0.15, 0.2) is 0 Å². The summed E-state index contributed by atoms with van der Waals surface area (Å²) in [6.45, 7) is 11.1. The first-order valence-corrected chi connectivity index (χ1v) is 7.51. The maximum Gasteiger partial charge on any atom is 0.122 e. The zero-order valence-corrected chi connectivity index (χ0v) is 12.8. The topological polar surface area (TPSA) is 21.3 Å². The summed E-state index contributed by atoms with van der Waals surface area (Å²) < 4.78 is 5.70. The van der Waals surface area contributed by atoms with E-state index >= 15 is 0 Å². The van der Waals surface area contributed by atoms with Crippen LogP contribution >= 0.6 is 0 Å². The summed E-state index contributed by atoms with van der Waals surface area (Å²) in [7, 11) is 0. The van der Waals surface area contributed by atoms with Crippen LogP contribution in [0.15, 0.2) is 18.2 Å². The SMILES string of the molecule is CCCNC(c1ccc2c(c1)CCCO2)C(C)(C)C. The molecule has 2 rings (SSSR count). The molecule has 0 fully saturated rings. The Hall–Kier alpha value is -1.02. The number of hydrogen-bond acceptors (Lipinski definition) is 2. The van der Waals surface area contributed by atoms with Crippen molar-refractivity contribution in [2.45, 2.75) is 53.0 Å². The van der Waals surface area contributed by atoms with E-state index in [9.17, 15) is 0 Å². The molecule has 0 saturated carbocycles. The largest absolute Gasteiger partial charge is 0.493 e. The zero-order valence-electron chi connectivity index (χ0n) is 12.8. The summed E-state index contributed by atoms with van der Waals surface area (Å²) in [5.74, 6) is 1.08. The molecule has 0 radical (unpaired) electrons. The van der Waals surface area contributed by atoms with Gasteiger partial charge in [-0.1, -0.05) is 39.8 Å². The molecular formula is C17H27NO. The average Bonchev–Trinajstić information content (AvgIpc) is 2.37. The summed E-state index contributed by atoms with van der Waals surface area (Å²) in [5.41, 5.74) is 2.99. The van der Waals surface area contributed by atoms with Crippen LogP contribution in [0.5, 0.6) is 5.75 Å². The lowest BCUT2D eigenvalue weighted by molar-refractivity contribution is 0.270. The quantitative estimate of drug-likeness (QED) is 0.881. The van der Waals surface area contributed by atoms with Crippen LogP contribution in [0, 0.1) is 5.41 Å². The van der Waals surface area contributed by atoms with E-state index in [4.69, 9.17) is 4.74 Å². The van der Waals surface area contributed by atoms with Crippen molar-refractivity contribution in [3.05, 3.63) is 29.3 Å². The average molecular weight is 261 g/mol. The number of fused-ring (bicyclic) bond motifs is 1. The number of benzene rings is 1. The van der Waals surface area contributed by atoms with Crippen LogP contribution in [0.2, 0.25) is 0 Å². The highest BCUT2D eigenvalue weighted by atomic mass is 16.5. The Morgan fingerprint density at radius 1 is 1.32 bits per heavy atom. The summed E-state index contributed by atoms with van der Waals surface area (Å²) in [4.78, 5) is 0. The second-order valence-corrected chi connectivity index (χ2v) is 6.57. The second-order valence-electron chi connectivity index (χ2n) is 6.57. The van der Waals surface area contributed by atoms with E-state index in [1.165, 1.54) is 17.5 Å². The smallest absolute Gasteiger partial charge is 0.122 e. The van der Waals surface area contributed by atoms with Gasteiger partial charge < -0.3 is 10.1 Å². The first-order chi connectivity index (χ1) is 9.02. The fourth-order valence-corrected chi connectivity index (χ4v) is 2.77. The van der Waals surface area contributed by atoms with Gasteiger partial charge in [-0.2, -0.15) is 0 Å². The van der Waals surface area contributed by atoms with Crippen molar-refractivity contribution in [1.82, 2.24) is 5.32 Å². The Labute approximate surface area is 117 Å². The van der Waals surface area contributed by atoms with Crippen LogP contribution in [-0.4, -0.2) is 13.2 Å². The highest BCUT2D eigenvalue weighted by Gasteiger charge is 2.26. The van der Waals surface area contributed by atoms with Crippen molar-refractivity contribution in [2.75, 3.05) is 13.2 Å². The molecule has 0 bridgehead atoms. The zero-order chi connectivity index (χ0) is 13.9. The number of hydrogen-bond donors (Lipinski definition) is 1. The molecular weight excluding hydrogens is 234 g/mol.